The van der Waals surface area contributed by atoms with Crippen molar-refractivity contribution in [3.05, 3.63) is 12.2 Å². The molecule has 0 aliphatic heterocycles. The van der Waals surface area contributed by atoms with Crippen molar-refractivity contribution in [2.75, 3.05) is 7.11 Å². The lowest BCUT2D eigenvalue weighted by Crippen LogP contribution is -2.02. The van der Waals surface area contributed by atoms with E-state index >= 15 is 0 Å². The van der Waals surface area contributed by atoms with Crippen LogP contribution in [0.3, 0.4) is 0 Å². The number of aryl methyl sites for hydroxylation is 1. The molecule has 0 saturated heterocycles. The summed E-state index contributed by atoms with van der Waals surface area (Å²) in [6.45, 7) is 0. The third kappa shape index (κ3) is 2.37. The maximum absolute atomic E-state index is 10.6. The minimum atomic E-state index is -0.235. The SMILES string of the molecule is COC(=O)CCc1ncn[nH]1. The maximum atomic E-state index is 10.6. The number of aromatic nitrogens is 3. The van der Waals surface area contributed by atoms with Crippen LogP contribution < -0.4 is 0 Å². The van der Waals surface area contributed by atoms with E-state index in [1.165, 1.54) is 13.4 Å². The highest BCUT2D eigenvalue weighted by Gasteiger charge is 2.01. The van der Waals surface area contributed by atoms with Crippen LogP contribution in [0.1, 0.15) is 12.2 Å². The van der Waals surface area contributed by atoms with Crippen LogP contribution in [0, 0.1) is 0 Å². The highest BCUT2D eigenvalue weighted by atomic mass is 16.5. The predicted molar refractivity (Wildman–Crippen MR) is 36.7 cm³/mol. The molecule has 0 aliphatic rings. The number of aromatic amines is 1. The number of nitrogens with one attached hydrogen (secondary N) is 1. The zero-order valence-electron chi connectivity index (χ0n) is 6.20. The standard InChI is InChI=1S/C6H9N3O2/c1-11-6(10)3-2-5-7-4-8-9-5/h4H,2-3H2,1H3,(H,7,8,9). The highest BCUT2D eigenvalue weighted by molar-refractivity contribution is 5.69. The van der Waals surface area contributed by atoms with Gasteiger partial charge >= 0.3 is 5.97 Å². The van der Waals surface area contributed by atoms with Gasteiger partial charge in [0.05, 0.1) is 13.5 Å². The fraction of sp³-hybridized carbons (Fsp3) is 0.500. The largest absolute Gasteiger partial charge is 0.469 e. The Kier molecular flexibility index (Phi) is 2.59. The summed E-state index contributed by atoms with van der Waals surface area (Å²) in [7, 11) is 1.36. The van der Waals surface area contributed by atoms with Crippen LogP contribution in [0.15, 0.2) is 6.33 Å². The van der Waals surface area contributed by atoms with Crippen LogP contribution in [0.2, 0.25) is 0 Å². The van der Waals surface area contributed by atoms with Gasteiger partial charge in [0.15, 0.2) is 0 Å². The Morgan fingerprint density at radius 3 is 3.18 bits per heavy atom. The fourth-order valence-corrected chi connectivity index (χ4v) is 0.674. The molecular formula is C6H9N3O2. The number of carbonyl (C=O) groups excluding carboxylic acids is 1. The van der Waals surface area contributed by atoms with E-state index in [4.69, 9.17) is 0 Å². The van der Waals surface area contributed by atoms with Gasteiger partial charge < -0.3 is 4.74 Å². The average molecular weight is 155 g/mol. The van der Waals surface area contributed by atoms with Crippen LogP contribution in [0.5, 0.6) is 0 Å². The molecule has 0 aliphatic carbocycles. The van der Waals surface area contributed by atoms with Gasteiger partial charge in [-0.05, 0) is 0 Å². The summed E-state index contributed by atoms with van der Waals surface area (Å²) in [5.74, 6) is 0.469. The zero-order valence-corrected chi connectivity index (χ0v) is 6.20. The molecule has 0 fully saturated rings. The van der Waals surface area contributed by atoms with Gasteiger partial charge in [-0.1, -0.05) is 0 Å². The lowest BCUT2D eigenvalue weighted by atomic mass is 10.3. The molecule has 11 heavy (non-hydrogen) atoms. The first-order valence-electron chi connectivity index (χ1n) is 3.24. The minimum Gasteiger partial charge on any atom is -0.469 e. The highest BCUT2D eigenvalue weighted by Crippen LogP contribution is 1.93. The molecule has 60 valence electrons. The second-order valence-corrected chi connectivity index (χ2v) is 2.01. The average Bonchev–Trinajstić information content (AvgIpc) is 2.52. The van der Waals surface area contributed by atoms with Gasteiger partial charge in [0.25, 0.3) is 0 Å². The van der Waals surface area contributed by atoms with Gasteiger partial charge in [-0.3, -0.25) is 9.89 Å². The lowest BCUT2D eigenvalue weighted by molar-refractivity contribution is -0.140. The molecule has 1 N–H and O–H groups in total. The fourth-order valence-electron chi connectivity index (χ4n) is 0.674. The van der Waals surface area contributed by atoms with Crippen molar-refractivity contribution < 1.29 is 9.53 Å². The summed E-state index contributed by atoms with van der Waals surface area (Å²) in [6.07, 6.45) is 2.30. The molecule has 0 aromatic carbocycles. The number of hydrogen-bond donors (Lipinski definition) is 1. The lowest BCUT2D eigenvalue weighted by Gasteiger charge is -1.94. The predicted octanol–water partition coefficient (Wildman–Crippen LogP) is -0.0897. The Balaban J connectivity index is 2.29. The van der Waals surface area contributed by atoms with E-state index in [9.17, 15) is 4.79 Å². The van der Waals surface area contributed by atoms with Crippen LogP contribution in [-0.2, 0) is 16.0 Å². The van der Waals surface area contributed by atoms with E-state index in [2.05, 4.69) is 19.9 Å². The van der Waals surface area contributed by atoms with Gasteiger partial charge in [0.2, 0.25) is 0 Å². The van der Waals surface area contributed by atoms with Crippen molar-refractivity contribution >= 4 is 5.97 Å². The number of H-pyrrole nitrogens is 1. The molecule has 1 rings (SSSR count). The van der Waals surface area contributed by atoms with E-state index in [0.717, 1.165) is 0 Å². The normalized spacial score (nSPS) is 9.55. The van der Waals surface area contributed by atoms with Crippen molar-refractivity contribution in [1.82, 2.24) is 15.2 Å². The van der Waals surface area contributed by atoms with Crippen molar-refractivity contribution in [1.29, 1.82) is 0 Å². The molecule has 0 spiro atoms. The zero-order chi connectivity index (χ0) is 8.10. The Labute approximate surface area is 63.8 Å². The minimum absolute atomic E-state index is 0.235. The number of carbonyl (C=O) groups is 1. The molecule has 0 saturated carbocycles. The van der Waals surface area contributed by atoms with E-state index in [-0.39, 0.29) is 5.97 Å². The Bertz CT molecular complexity index is 220. The van der Waals surface area contributed by atoms with Crippen molar-refractivity contribution in [3.8, 4) is 0 Å². The van der Waals surface area contributed by atoms with Gasteiger partial charge in [0, 0.05) is 6.42 Å². The molecule has 5 heteroatoms. The molecule has 0 atom stereocenters. The van der Waals surface area contributed by atoms with Gasteiger partial charge in [-0.25, -0.2) is 4.98 Å². The molecule has 1 aromatic rings. The smallest absolute Gasteiger partial charge is 0.305 e. The summed E-state index contributed by atoms with van der Waals surface area (Å²) >= 11 is 0. The van der Waals surface area contributed by atoms with E-state index in [0.29, 0.717) is 18.7 Å². The molecule has 5 nitrogen and oxygen atoms in total. The quantitative estimate of drug-likeness (QED) is 0.619. The van der Waals surface area contributed by atoms with Crippen molar-refractivity contribution in [3.63, 3.8) is 0 Å². The summed E-state index contributed by atoms with van der Waals surface area (Å²) in [5, 5.41) is 6.29. The molecular weight excluding hydrogens is 146 g/mol. The second-order valence-electron chi connectivity index (χ2n) is 2.01. The number of methoxy groups -OCH3 is 1. The third-order valence-electron chi connectivity index (χ3n) is 1.26. The van der Waals surface area contributed by atoms with E-state index < -0.39 is 0 Å². The molecule has 0 amide bonds. The number of nitrogens with zero attached hydrogens (tertiary/aromatic N) is 2. The Morgan fingerprint density at radius 2 is 2.64 bits per heavy atom. The van der Waals surface area contributed by atoms with Crippen LogP contribution in [0.25, 0.3) is 0 Å². The van der Waals surface area contributed by atoms with Gasteiger partial charge in [-0.2, -0.15) is 5.10 Å². The topological polar surface area (TPSA) is 67.9 Å². The summed E-state index contributed by atoms with van der Waals surface area (Å²) < 4.78 is 4.45. The number of ether oxygens (including phenoxy) is 1. The molecule has 0 unspecified atom stereocenters. The van der Waals surface area contributed by atoms with Crippen molar-refractivity contribution in [2.45, 2.75) is 12.8 Å². The monoisotopic (exact) mass is 155 g/mol. The van der Waals surface area contributed by atoms with Crippen LogP contribution in [-0.4, -0.2) is 28.3 Å². The summed E-state index contributed by atoms with van der Waals surface area (Å²) in [4.78, 5) is 14.5. The second kappa shape index (κ2) is 3.70. The summed E-state index contributed by atoms with van der Waals surface area (Å²) in [5.41, 5.74) is 0. The molecule has 1 aromatic heterocycles. The maximum Gasteiger partial charge on any atom is 0.305 e. The van der Waals surface area contributed by atoms with Gasteiger partial charge in [0.1, 0.15) is 12.2 Å². The number of esters is 1. The molecule has 1 heterocycles. The molecule has 0 bridgehead atoms. The molecule has 0 radical (unpaired) electrons. The Morgan fingerprint density at radius 1 is 1.82 bits per heavy atom. The first-order valence-corrected chi connectivity index (χ1v) is 3.24. The number of hydrogen-bond acceptors (Lipinski definition) is 4. The first-order chi connectivity index (χ1) is 5.33. The first kappa shape index (κ1) is 7.71. The Hall–Kier alpha value is -1.39. The number of rotatable bonds is 3. The van der Waals surface area contributed by atoms with Crippen LogP contribution >= 0.6 is 0 Å². The van der Waals surface area contributed by atoms with E-state index in [1.807, 2.05) is 0 Å². The van der Waals surface area contributed by atoms with Gasteiger partial charge in [-0.15, -0.1) is 0 Å². The van der Waals surface area contributed by atoms with E-state index in [1.54, 1.807) is 0 Å². The van der Waals surface area contributed by atoms with Crippen molar-refractivity contribution in [2.24, 2.45) is 0 Å². The summed E-state index contributed by atoms with van der Waals surface area (Å²) in [6, 6.07) is 0. The third-order valence-corrected chi connectivity index (χ3v) is 1.26. The van der Waals surface area contributed by atoms with Crippen LogP contribution in [0.4, 0.5) is 0 Å².